The molecule has 0 fully saturated rings. The van der Waals surface area contributed by atoms with E-state index in [1.807, 2.05) is 0 Å². The first-order valence-electron chi connectivity index (χ1n) is 2.40. The smallest absolute Gasteiger partial charge is 0.254 e. The first-order chi connectivity index (χ1) is 5.18. The first-order valence-corrected chi connectivity index (χ1v) is 3.86. The van der Waals surface area contributed by atoms with E-state index in [1.54, 1.807) is 0 Å². The molecule has 0 rings (SSSR count). The third-order valence-corrected chi connectivity index (χ3v) is 1.86. The second-order valence-corrected chi connectivity index (χ2v) is 2.83. The molecule has 0 unspecified atom stereocenters. The molecule has 4 nitrogen and oxygen atoms in total. The predicted octanol–water partition coefficient (Wildman–Crippen LogP) is 1.93. The lowest BCUT2D eigenvalue weighted by molar-refractivity contribution is 0.0371. The van der Waals surface area contributed by atoms with Crippen molar-refractivity contribution in [1.29, 1.82) is 0 Å². The zero-order valence-corrected chi connectivity index (χ0v) is 6.23. The van der Waals surface area contributed by atoms with Gasteiger partial charge in [0, 0.05) is 0 Å². The summed E-state index contributed by atoms with van der Waals surface area (Å²) in [7, 11) is -4.34. The van der Waals surface area contributed by atoms with Crippen LogP contribution in [0.5, 0.6) is 0 Å². The van der Waals surface area contributed by atoms with Crippen molar-refractivity contribution in [3.05, 3.63) is 0 Å². The fourth-order valence-electron chi connectivity index (χ4n) is 0.291. The second-order valence-electron chi connectivity index (χ2n) is 1.16. The Bertz CT molecular complexity index is 119. The Kier molecular flexibility index (Phi) is 5.49. The van der Waals surface area contributed by atoms with Crippen molar-refractivity contribution < 1.29 is 31.3 Å². The molecule has 11 heavy (non-hydrogen) atoms. The number of phosphoric ester groups is 1. The first kappa shape index (κ1) is 10.9. The number of hydrogen-bond acceptors (Lipinski definition) is 4. The van der Waals surface area contributed by atoms with Crippen LogP contribution in [0.2, 0.25) is 0 Å². The van der Waals surface area contributed by atoms with Gasteiger partial charge in [-0.15, -0.1) is 0 Å². The molecule has 0 bridgehead atoms. The van der Waals surface area contributed by atoms with Gasteiger partial charge in [-0.1, -0.05) is 0 Å². The summed E-state index contributed by atoms with van der Waals surface area (Å²) in [5.74, 6) is 0. The largest absolute Gasteiger partial charge is 0.481 e. The summed E-state index contributed by atoms with van der Waals surface area (Å²) in [6.45, 7) is -4.51. The molecule has 0 saturated heterocycles. The topological polar surface area (TPSA) is 44.8 Å². The van der Waals surface area contributed by atoms with E-state index in [-0.39, 0.29) is 0 Å². The zero-order valence-electron chi connectivity index (χ0n) is 5.34. The molecule has 8 heteroatoms. The minimum absolute atomic E-state index is 1.50. The quantitative estimate of drug-likeness (QED) is 0.606. The minimum Gasteiger partial charge on any atom is -0.254 e. The maximum atomic E-state index is 11.3. The molecule has 0 saturated carbocycles. The second kappa shape index (κ2) is 5.54. The van der Waals surface area contributed by atoms with Crippen molar-refractivity contribution in [2.45, 2.75) is 0 Å². The van der Waals surface area contributed by atoms with Gasteiger partial charge in [0.2, 0.25) is 0 Å². The number of alkyl halides is 3. The highest BCUT2D eigenvalue weighted by Gasteiger charge is 2.26. The van der Waals surface area contributed by atoms with Crippen LogP contribution in [-0.2, 0) is 18.1 Å². The van der Waals surface area contributed by atoms with E-state index in [0.717, 1.165) is 0 Å². The van der Waals surface area contributed by atoms with Crippen LogP contribution in [0.15, 0.2) is 0 Å². The number of rotatable bonds is 6. The standard InChI is InChI=1S/C3H6F3O4P/c4-1-8-11(7,9-2-5)10-3-6/h1-3H2. The highest BCUT2D eigenvalue weighted by atomic mass is 31.2. The third kappa shape index (κ3) is 4.36. The molecular weight excluding hydrogens is 188 g/mol. The van der Waals surface area contributed by atoms with Gasteiger partial charge in [0.05, 0.1) is 0 Å². The highest BCUT2D eigenvalue weighted by Crippen LogP contribution is 2.49. The van der Waals surface area contributed by atoms with Crippen LogP contribution in [0, 0.1) is 0 Å². The summed E-state index contributed by atoms with van der Waals surface area (Å²) in [6, 6.07) is 0. The van der Waals surface area contributed by atoms with Crippen LogP contribution in [0.1, 0.15) is 0 Å². The zero-order chi connectivity index (χ0) is 8.74. The van der Waals surface area contributed by atoms with Crippen molar-refractivity contribution in [1.82, 2.24) is 0 Å². The summed E-state index contributed by atoms with van der Waals surface area (Å²) in [6.07, 6.45) is 0. The SMILES string of the molecule is O=P(OCF)(OCF)OCF. The van der Waals surface area contributed by atoms with Crippen molar-refractivity contribution >= 4 is 7.82 Å². The highest BCUT2D eigenvalue weighted by molar-refractivity contribution is 7.48. The van der Waals surface area contributed by atoms with E-state index in [1.165, 1.54) is 0 Å². The Morgan fingerprint density at radius 3 is 1.36 bits per heavy atom. The van der Waals surface area contributed by atoms with Crippen LogP contribution in [-0.4, -0.2) is 20.6 Å². The summed E-state index contributed by atoms with van der Waals surface area (Å²) in [5.41, 5.74) is 0. The lowest BCUT2D eigenvalue weighted by atomic mass is 11.6. The average molecular weight is 194 g/mol. The third-order valence-electron chi connectivity index (χ3n) is 0.621. The van der Waals surface area contributed by atoms with Gasteiger partial charge in [0.1, 0.15) is 0 Å². The molecule has 0 aromatic rings. The van der Waals surface area contributed by atoms with Gasteiger partial charge in [0.15, 0.2) is 20.6 Å². The number of halogens is 3. The molecular formula is C3H6F3O4P. The molecule has 0 aromatic carbocycles. The molecule has 0 aliphatic carbocycles. The van der Waals surface area contributed by atoms with Gasteiger partial charge >= 0.3 is 7.82 Å². The fraction of sp³-hybridized carbons (Fsp3) is 1.00. The monoisotopic (exact) mass is 194 g/mol. The van der Waals surface area contributed by atoms with Crippen molar-refractivity contribution in [2.75, 3.05) is 20.6 Å². The Labute approximate surface area is 60.9 Å². The molecule has 0 spiro atoms. The maximum absolute atomic E-state index is 11.3. The van der Waals surface area contributed by atoms with Gasteiger partial charge in [-0.3, -0.25) is 13.6 Å². The number of phosphoric acid groups is 1. The molecule has 0 atom stereocenters. The Morgan fingerprint density at radius 2 is 1.18 bits per heavy atom. The summed E-state index contributed by atoms with van der Waals surface area (Å²) >= 11 is 0. The predicted molar refractivity (Wildman–Crippen MR) is 28.8 cm³/mol. The molecule has 0 N–H and O–H groups in total. The lowest BCUT2D eigenvalue weighted by Crippen LogP contribution is -1.97. The van der Waals surface area contributed by atoms with Gasteiger partial charge in [-0.25, -0.2) is 17.7 Å². The van der Waals surface area contributed by atoms with Crippen LogP contribution in [0.3, 0.4) is 0 Å². The van der Waals surface area contributed by atoms with Gasteiger partial charge < -0.3 is 0 Å². The van der Waals surface area contributed by atoms with Gasteiger partial charge in [0.25, 0.3) is 0 Å². The summed E-state index contributed by atoms with van der Waals surface area (Å²) in [4.78, 5) is 0. The fourth-order valence-corrected chi connectivity index (χ4v) is 0.873. The lowest BCUT2D eigenvalue weighted by Gasteiger charge is -2.11. The van der Waals surface area contributed by atoms with E-state index in [0.29, 0.717) is 0 Å². The molecule has 0 aromatic heterocycles. The van der Waals surface area contributed by atoms with E-state index < -0.39 is 28.4 Å². The van der Waals surface area contributed by atoms with Gasteiger partial charge in [-0.2, -0.15) is 0 Å². The Balaban J connectivity index is 3.91. The average Bonchev–Trinajstić information content (AvgIpc) is 1.88. The van der Waals surface area contributed by atoms with Crippen LogP contribution in [0.25, 0.3) is 0 Å². The normalized spacial score (nSPS) is 11.9. The van der Waals surface area contributed by atoms with Crippen molar-refractivity contribution in [2.24, 2.45) is 0 Å². The Hall–Kier alpha value is -0.100. The molecule has 0 heterocycles. The van der Waals surface area contributed by atoms with Crippen LogP contribution < -0.4 is 0 Å². The number of hydrogen-bond donors (Lipinski definition) is 0. The van der Waals surface area contributed by atoms with Crippen molar-refractivity contribution in [3.63, 3.8) is 0 Å². The maximum Gasteiger partial charge on any atom is 0.481 e. The van der Waals surface area contributed by atoms with E-state index >= 15 is 0 Å². The minimum atomic E-state index is -4.34. The summed E-state index contributed by atoms with van der Waals surface area (Å²) in [5, 5.41) is 0. The van der Waals surface area contributed by atoms with E-state index in [9.17, 15) is 17.7 Å². The molecule has 0 radical (unpaired) electrons. The molecule has 0 amide bonds. The Morgan fingerprint density at radius 1 is 0.909 bits per heavy atom. The summed E-state index contributed by atoms with van der Waals surface area (Å²) < 4.78 is 55.7. The molecule has 0 aliphatic heterocycles. The molecule has 0 aliphatic rings. The van der Waals surface area contributed by atoms with Gasteiger partial charge in [-0.05, 0) is 0 Å². The van der Waals surface area contributed by atoms with E-state index in [2.05, 4.69) is 13.6 Å². The molecule has 68 valence electrons. The van der Waals surface area contributed by atoms with Crippen LogP contribution >= 0.6 is 7.82 Å². The van der Waals surface area contributed by atoms with E-state index in [4.69, 9.17) is 0 Å². The van der Waals surface area contributed by atoms with Crippen LogP contribution in [0.4, 0.5) is 13.2 Å². The van der Waals surface area contributed by atoms with Crippen molar-refractivity contribution in [3.8, 4) is 0 Å².